The van der Waals surface area contributed by atoms with Crippen LogP contribution in [-0.4, -0.2) is 25.7 Å². The van der Waals surface area contributed by atoms with Crippen LogP contribution in [0, 0.1) is 12.7 Å². The summed E-state index contributed by atoms with van der Waals surface area (Å²) in [6.07, 6.45) is 2.81. The van der Waals surface area contributed by atoms with Gasteiger partial charge in [-0.05, 0) is 67.8 Å². The summed E-state index contributed by atoms with van der Waals surface area (Å²) in [6, 6.07) is 9.72. The fourth-order valence-electron chi connectivity index (χ4n) is 2.67. The van der Waals surface area contributed by atoms with Crippen LogP contribution in [0.2, 0.25) is 0 Å². The van der Waals surface area contributed by atoms with E-state index in [1.54, 1.807) is 29.9 Å². The number of anilines is 2. The van der Waals surface area contributed by atoms with Gasteiger partial charge in [-0.2, -0.15) is 5.10 Å². The van der Waals surface area contributed by atoms with Gasteiger partial charge in [0.1, 0.15) is 17.4 Å². The van der Waals surface area contributed by atoms with Crippen LogP contribution < -0.4 is 5.32 Å². The zero-order valence-electron chi connectivity index (χ0n) is 15.2. The molecule has 3 rings (SSSR count). The quantitative estimate of drug-likeness (QED) is 0.667. The van der Waals surface area contributed by atoms with Crippen LogP contribution in [0.3, 0.4) is 0 Å². The summed E-state index contributed by atoms with van der Waals surface area (Å²) in [7, 11) is 0. The summed E-state index contributed by atoms with van der Waals surface area (Å²) < 4.78 is 14.7. The molecule has 1 aromatic carbocycles. The highest BCUT2D eigenvalue weighted by atomic mass is 19.1. The van der Waals surface area contributed by atoms with Crippen molar-refractivity contribution in [3.05, 3.63) is 65.2 Å². The van der Waals surface area contributed by atoms with Gasteiger partial charge in [0.25, 0.3) is 0 Å². The summed E-state index contributed by atoms with van der Waals surface area (Å²) in [5, 5.41) is 16.9. The monoisotopic (exact) mass is 368 g/mol. The summed E-state index contributed by atoms with van der Waals surface area (Å²) in [4.78, 5) is 15.9. The van der Waals surface area contributed by atoms with E-state index >= 15 is 0 Å². The number of benzene rings is 1. The fraction of sp³-hybridized carbons (Fsp3) is 0.250. The first kappa shape index (κ1) is 18.7. The molecular weight excluding hydrogens is 347 g/mol. The van der Waals surface area contributed by atoms with E-state index in [-0.39, 0.29) is 18.2 Å². The van der Waals surface area contributed by atoms with E-state index in [0.29, 0.717) is 35.9 Å². The lowest BCUT2D eigenvalue weighted by Crippen LogP contribution is -2.05. The molecule has 7 heteroatoms. The lowest BCUT2D eigenvalue weighted by molar-refractivity contribution is -0.116. The van der Waals surface area contributed by atoms with Crippen molar-refractivity contribution >= 4 is 17.3 Å². The van der Waals surface area contributed by atoms with E-state index in [2.05, 4.69) is 15.4 Å². The predicted molar refractivity (Wildman–Crippen MR) is 101 cm³/mol. The first-order chi connectivity index (χ1) is 12.9. The number of hydrogen-bond acceptors (Lipinski definition) is 5. The van der Waals surface area contributed by atoms with Gasteiger partial charge in [0, 0.05) is 18.3 Å². The van der Waals surface area contributed by atoms with Gasteiger partial charge in [0.2, 0.25) is 0 Å². The summed E-state index contributed by atoms with van der Waals surface area (Å²) in [5.74, 6) is 0.937. The third kappa shape index (κ3) is 4.77. The van der Waals surface area contributed by atoms with Crippen LogP contribution in [-0.2, 0) is 17.8 Å². The molecule has 2 heterocycles. The SMILES string of the molecule is CC(=O)CCc1cc(Nc2ccc(F)cc2)nc(-n2cc(C)c(CO)n2)c1. The average Bonchev–Trinajstić information content (AvgIpc) is 3.03. The molecule has 0 unspecified atom stereocenters. The molecule has 0 aliphatic rings. The maximum Gasteiger partial charge on any atom is 0.156 e. The molecule has 3 aromatic rings. The van der Waals surface area contributed by atoms with Crippen molar-refractivity contribution < 1.29 is 14.3 Å². The zero-order valence-corrected chi connectivity index (χ0v) is 15.2. The van der Waals surface area contributed by atoms with Gasteiger partial charge in [-0.25, -0.2) is 14.1 Å². The highest BCUT2D eigenvalue weighted by molar-refractivity contribution is 5.75. The Morgan fingerprint density at radius 3 is 2.63 bits per heavy atom. The van der Waals surface area contributed by atoms with Crippen molar-refractivity contribution in [2.75, 3.05) is 5.32 Å². The fourth-order valence-corrected chi connectivity index (χ4v) is 2.67. The largest absolute Gasteiger partial charge is 0.390 e. The number of nitrogens with one attached hydrogen (secondary N) is 1. The van der Waals surface area contributed by atoms with Gasteiger partial charge in [0.15, 0.2) is 5.82 Å². The first-order valence-electron chi connectivity index (χ1n) is 8.64. The second-order valence-corrected chi connectivity index (χ2v) is 6.41. The lowest BCUT2D eigenvalue weighted by atomic mass is 10.1. The number of ketones is 1. The molecule has 6 nitrogen and oxygen atoms in total. The minimum absolute atomic E-state index is 0.110. The second kappa shape index (κ2) is 8.09. The second-order valence-electron chi connectivity index (χ2n) is 6.41. The highest BCUT2D eigenvalue weighted by Crippen LogP contribution is 2.21. The number of carbonyl (C=O) groups is 1. The summed E-state index contributed by atoms with van der Waals surface area (Å²) >= 11 is 0. The first-order valence-corrected chi connectivity index (χ1v) is 8.64. The van der Waals surface area contributed by atoms with E-state index in [1.165, 1.54) is 12.1 Å². The maximum atomic E-state index is 13.1. The Morgan fingerprint density at radius 2 is 2.00 bits per heavy atom. The molecule has 0 amide bonds. The standard InChI is InChI=1S/C20H21FN4O2/c1-13-11-25(24-18(13)12-26)20-10-15(4-3-14(2)27)9-19(23-20)22-17-7-5-16(21)6-8-17/h5-11,26H,3-4,12H2,1-2H3,(H,22,23). The number of rotatable bonds is 7. The van der Waals surface area contributed by atoms with Gasteiger partial charge in [-0.3, -0.25) is 0 Å². The Balaban J connectivity index is 1.96. The average molecular weight is 368 g/mol. The Hall–Kier alpha value is -3.06. The number of pyridine rings is 1. The minimum atomic E-state index is -0.312. The highest BCUT2D eigenvalue weighted by Gasteiger charge is 2.10. The van der Waals surface area contributed by atoms with Crippen molar-refractivity contribution in [1.82, 2.24) is 14.8 Å². The van der Waals surface area contributed by atoms with Crippen molar-refractivity contribution in [1.29, 1.82) is 0 Å². The van der Waals surface area contributed by atoms with Crippen LogP contribution in [0.15, 0.2) is 42.6 Å². The molecule has 2 aromatic heterocycles. The van der Waals surface area contributed by atoms with E-state index in [1.807, 2.05) is 19.1 Å². The third-order valence-electron chi connectivity index (χ3n) is 4.14. The number of hydrogen-bond donors (Lipinski definition) is 2. The molecule has 0 atom stereocenters. The molecule has 140 valence electrons. The molecule has 0 radical (unpaired) electrons. The van der Waals surface area contributed by atoms with Crippen molar-refractivity contribution in [3.8, 4) is 5.82 Å². The molecule has 2 N–H and O–H groups in total. The van der Waals surface area contributed by atoms with E-state index < -0.39 is 0 Å². The number of halogens is 1. The van der Waals surface area contributed by atoms with E-state index in [9.17, 15) is 14.3 Å². The van der Waals surface area contributed by atoms with Crippen molar-refractivity contribution in [2.24, 2.45) is 0 Å². The van der Waals surface area contributed by atoms with Crippen LogP contribution in [0.25, 0.3) is 5.82 Å². The maximum absolute atomic E-state index is 13.1. The molecular formula is C20H21FN4O2. The summed E-state index contributed by atoms with van der Waals surface area (Å²) in [6.45, 7) is 3.28. The van der Waals surface area contributed by atoms with Crippen LogP contribution in [0.1, 0.15) is 30.2 Å². The van der Waals surface area contributed by atoms with Crippen molar-refractivity contribution in [3.63, 3.8) is 0 Å². The minimum Gasteiger partial charge on any atom is -0.390 e. The van der Waals surface area contributed by atoms with Gasteiger partial charge >= 0.3 is 0 Å². The molecule has 0 aliphatic heterocycles. The number of aliphatic hydroxyl groups is 1. The predicted octanol–water partition coefficient (Wildman–Crippen LogP) is 3.47. The Kier molecular flexibility index (Phi) is 5.61. The number of nitrogens with zero attached hydrogens (tertiary/aromatic N) is 3. The lowest BCUT2D eigenvalue weighted by Gasteiger charge is -2.11. The molecule has 0 fully saturated rings. The topological polar surface area (TPSA) is 80.0 Å². The Labute approximate surface area is 156 Å². The normalized spacial score (nSPS) is 10.8. The Morgan fingerprint density at radius 1 is 1.26 bits per heavy atom. The van der Waals surface area contributed by atoms with Gasteiger partial charge in [0.05, 0.1) is 12.3 Å². The van der Waals surface area contributed by atoms with Crippen LogP contribution in [0.4, 0.5) is 15.9 Å². The molecule has 0 saturated carbocycles. The van der Waals surface area contributed by atoms with Crippen LogP contribution in [0.5, 0.6) is 0 Å². The number of aromatic nitrogens is 3. The zero-order chi connectivity index (χ0) is 19.4. The molecule has 0 spiro atoms. The van der Waals surface area contributed by atoms with Gasteiger partial charge in [-0.1, -0.05) is 0 Å². The van der Waals surface area contributed by atoms with Crippen LogP contribution >= 0.6 is 0 Å². The Bertz CT molecular complexity index is 951. The van der Waals surface area contributed by atoms with Gasteiger partial charge in [-0.15, -0.1) is 0 Å². The van der Waals surface area contributed by atoms with Crippen molar-refractivity contribution in [2.45, 2.75) is 33.3 Å². The molecule has 0 aliphatic carbocycles. The number of Topliss-reactive ketones (excluding diaryl/α,β-unsaturated/α-hetero) is 1. The van der Waals surface area contributed by atoms with Gasteiger partial charge < -0.3 is 15.2 Å². The number of carbonyl (C=O) groups excluding carboxylic acids is 1. The molecule has 0 bridgehead atoms. The van der Waals surface area contributed by atoms with E-state index in [4.69, 9.17) is 0 Å². The summed E-state index contributed by atoms with van der Waals surface area (Å²) in [5.41, 5.74) is 3.07. The number of aryl methyl sites for hydroxylation is 2. The third-order valence-corrected chi connectivity index (χ3v) is 4.14. The van der Waals surface area contributed by atoms with E-state index in [0.717, 1.165) is 11.1 Å². The molecule has 27 heavy (non-hydrogen) atoms. The molecule has 0 saturated heterocycles. The smallest absolute Gasteiger partial charge is 0.156 e. The number of aliphatic hydroxyl groups excluding tert-OH is 1.